The molecule has 0 N–H and O–H groups in total. The van der Waals surface area contributed by atoms with E-state index < -0.39 is 5.97 Å². The normalized spacial score (nSPS) is 15.8. The lowest BCUT2D eigenvalue weighted by molar-refractivity contribution is 0.0408. The lowest BCUT2D eigenvalue weighted by atomic mass is 10.0. The minimum atomic E-state index is -0.623. The predicted molar refractivity (Wildman–Crippen MR) is 138 cm³/mol. The number of aromatic nitrogens is 2. The van der Waals surface area contributed by atoms with Gasteiger partial charge in [-0.1, -0.05) is 45.7 Å². The van der Waals surface area contributed by atoms with E-state index in [9.17, 15) is 14.4 Å². The molecule has 8 nitrogen and oxygen atoms in total. The monoisotopic (exact) mass is 494 g/mol. The summed E-state index contributed by atoms with van der Waals surface area (Å²) in [5.74, 6) is -0.668. The zero-order chi connectivity index (χ0) is 26.4. The van der Waals surface area contributed by atoms with Crippen LogP contribution in [0.25, 0.3) is 0 Å². The number of ether oxygens (including phenoxy) is 1. The molecule has 2 amide bonds. The van der Waals surface area contributed by atoms with Crippen molar-refractivity contribution in [3.8, 4) is 0 Å². The molecule has 0 aliphatic carbocycles. The fourth-order valence-electron chi connectivity index (χ4n) is 4.62. The van der Waals surface area contributed by atoms with Crippen molar-refractivity contribution in [3.63, 3.8) is 0 Å². The Morgan fingerprint density at radius 3 is 2.33 bits per heavy atom. The van der Waals surface area contributed by atoms with E-state index in [1.807, 2.05) is 49.9 Å². The lowest BCUT2D eigenvalue weighted by Gasteiger charge is -2.40. The van der Waals surface area contributed by atoms with E-state index in [1.54, 1.807) is 11.8 Å². The Morgan fingerprint density at radius 2 is 1.75 bits per heavy atom. The van der Waals surface area contributed by atoms with Gasteiger partial charge in [0.15, 0.2) is 0 Å². The van der Waals surface area contributed by atoms with Gasteiger partial charge in [0, 0.05) is 31.2 Å². The number of carbonyl (C=O) groups excluding carboxylic acids is 3. The maximum atomic E-state index is 13.5. The summed E-state index contributed by atoms with van der Waals surface area (Å²) in [5.41, 5.74) is 2.57. The molecular formula is C28H38N4O4. The van der Waals surface area contributed by atoms with Crippen molar-refractivity contribution in [3.05, 3.63) is 58.2 Å². The molecule has 194 valence electrons. The fraction of sp³-hybridized carbons (Fsp3) is 0.536. The third-order valence-electron chi connectivity index (χ3n) is 6.63. The molecule has 8 heteroatoms. The van der Waals surface area contributed by atoms with E-state index in [4.69, 9.17) is 4.74 Å². The maximum Gasteiger partial charge on any atom is 0.342 e. The smallest absolute Gasteiger partial charge is 0.342 e. The van der Waals surface area contributed by atoms with Gasteiger partial charge in [-0.3, -0.25) is 9.59 Å². The van der Waals surface area contributed by atoms with Gasteiger partial charge >= 0.3 is 5.97 Å². The van der Waals surface area contributed by atoms with Gasteiger partial charge in [0.1, 0.15) is 17.1 Å². The summed E-state index contributed by atoms with van der Waals surface area (Å²) >= 11 is 0. The Hall–Kier alpha value is -3.29. The van der Waals surface area contributed by atoms with Gasteiger partial charge in [-0.2, -0.15) is 0 Å². The van der Waals surface area contributed by atoms with Crippen LogP contribution in [-0.4, -0.2) is 70.3 Å². The average Bonchev–Trinajstić information content (AvgIpc) is 2.87. The number of esters is 1. The van der Waals surface area contributed by atoms with Crippen molar-refractivity contribution in [2.45, 2.75) is 72.3 Å². The Balaban J connectivity index is 1.75. The first-order valence-electron chi connectivity index (χ1n) is 12.8. The third kappa shape index (κ3) is 6.09. The minimum Gasteiger partial charge on any atom is -0.465 e. The molecule has 0 saturated carbocycles. The van der Waals surface area contributed by atoms with Crippen LogP contribution in [0, 0.1) is 6.92 Å². The highest BCUT2D eigenvalue weighted by atomic mass is 16.5. The van der Waals surface area contributed by atoms with E-state index in [1.165, 1.54) is 25.5 Å². The zero-order valence-electron chi connectivity index (χ0n) is 22.3. The minimum absolute atomic E-state index is 0.0371. The highest BCUT2D eigenvalue weighted by Crippen LogP contribution is 2.24. The second-order valence-electron chi connectivity index (χ2n) is 9.78. The number of rotatable bonds is 8. The van der Waals surface area contributed by atoms with Crippen molar-refractivity contribution < 1.29 is 19.1 Å². The molecule has 0 bridgehead atoms. The van der Waals surface area contributed by atoms with Crippen LogP contribution in [0.1, 0.15) is 101 Å². The van der Waals surface area contributed by atoms with Gasteiger partial charge in [0.2, 0.25) is 0 Å². The average molecular weight is 495 g/mol. The number of hydrogen-bond donors (Lipinski definition) is 0. The summed E-state index contributed by atoms with van der Waals surface area (Å²) in [5, 5.41) is 0. The number of amides is 2. The molecule has 3 rings (SSSR count). The van der Waals surface area contributed by atoms with Crippen LogP contribution in [0.5, 0.6) is 0 Å². The van der Waals surface area contributed by atoms with Crippen molar-refractivity contribution >= 4 is 17.8 Å². The lowest BCUT2D eigenvalue weighted by Crippen LogP contribution is -2.55. The van der Waals surface area contributed by atoms with Crippen LogP contribution in [0.15, 0.2) is 24.3 Å². The first-order valence-corrected chi connectivity index (χ1v) is 12.8. The summed E-state index contributed by atoms with van der Waals surface area (Å²) < 4.78 is 4.96. The number of hydrogen-bond acceptors (Lipinski definition) is 6. The predicted octanol–water partition coefficient (Wildman–Crippen LogP) is 4.41. The van der Waals surface area contributed by atoms with Gasteiger partial charge < -0.3 is 14.5 Å². The van der Waals surface area contributed by atoms with Gasteiger partial charge in [-0.25, -0.2) is 14.8 Å². The van der Waals surface area contributed by atoms with Crippen LogP contribution >= 0.6 is 0 Å². The van der Waals surface area contributed by atoms with Gasteiger partial charge in [-0.05, 0) is 50.3 Å². The molecule has 0 radical (unpaired) electrons. The number of nitrogens with zero attached hydrogens (tertiary/aromatic N) is 4. The molecule has 0 spiro atoms. The molecule has 1 aliphatic heterocycles. The van der Waals surface area contributed by atoms with Crippen molar-refractivity contribution in [2.75, 3.05) is 26.7 Å². The highest BCUT2D eigenvalue weighted by molar-refractivity contribution is 6.05. The largest absolute Gasteiger partial charge is 0.465 e. The Bertz CT molecular complexity index is 1100. The summed E-state index contributed by atoms with van der Waals surface area (Å²) in [6.07, 6.45) is 4.56. The molecule has 1 aromatic carbocycles. The molecule has 1 unspecified atom stereocenters. The third-order valence-corrected chi connectivity index (χ3v) is 6.63. The summed E-state index contributed by atoms with van der Waals surface area (Å²) in [6, 6.07) is 7.67. The summed E-state index contributed by atoms with van der Waals surface area (Å²) in [4.78, 5) is 51.5. The van der Waals surface area contributed by atoms with Gasteiger partial charge in [-0.15, -0.1) is 0 Å². The molecule has 1 atom stereocenters. The van der Waals surface area contributed by atoms with Crippen LogP contribution in [0.2, 0.25) is 0 Å². The number of piperazine rings is 1. The van der Waals surface area contributed by atoms with E-state index in [2.05, 4.69) is 16.9 Å². The number of unbranched alkanes of at least 4 members (excludes halogenated alkanes) is 2. The van der Waals surface area contributed by atoms with Gasteiger partial charge in [0.05, 0.1) is 12.8 Å². The molecule has 36 heavy (non-hydrogen) atoms. The van der Waals surface area contributed by atoms with Crippen molar-refractivity contribution in [1.29, 1.82) is 0 Å². The zero-order valence-corrected chi connectivity index (χ0v) is 22.3. The van der Waals surface area contributed by atoms with Crippen LogP contribution in [-0.2, 0) is 11.2 Å². The Kier molecular flexibility index (Phi) is 9.18. The van der Waals surface area contributed by atoms with Crippen LogP contribution in [0.3, 0.4) is 0 Å². The SMILES string of the molecule is CCCCCc1ccc(C(=O)N2CCN(C(=O)c3nc(C)nc(C(C)C)c3C(=O)OC)CC2C)cc1. The van der Waals surface area contributed by atoms with Gasteiger partial charge in [0.25, 0.3) is 11.8 Å². The van der Waals surface area contributed by atoms with Crippen molar-refractivity contribution in [1.82, 2.24) is 19.8 Å². The standard InChI is InChI=1S/C28H38N4O4/c1-7-8-9-10-21-11-13-22(14-12-21)26(33)32-16-15-31(17-19(32)4)27(34)25-23(28(35)36-6)24(18(2)3)29-20(5)30-25/h11-14,18-19H,7-10,15-17H2,1-6H3. The quantitative estimate of drug-likeness (QED) is 0.399. The second kappa shape index (κ2) is 12.1. The molecule has 2 aromatic rings. The maximum absolute atomic E-state index is 13.5. The van der Waals surface area contributed by atoms with Crippen LogP contribution in [0.4, 0.5) is 0 Å². The van der Waals surface area contributed by atoms with E-state index in [0.29, 0.717) is 36.7 Å². The molecule has 1 fully saturated rings. The number of benzene rings is 1. The van der Waals surface area contributed by atoms with E-state index >= 15 is 0 Å². The molecule has 1 aromatic heterocycles. The molecule has 1 aliphatic rings. The Morgan fingerprint density at radius 1 is 1.06 bits per heavy atom. The summed E-state index contributed by atoms with van der Waals surface area (Å²) in [6.45, 7) is 10.7. The first-order chi connectivity index (χ1) is 17.2. The van der Waals surface area contributed by atoms with Crippen LogP contribution < -0.4 is 0 Å². The van der Waals surface area contributed by atoms with E-state index in [0.717, 1.165) is 12.8 Å². The fourth-order valence-corrected chi connectivity index (χ4v) is 4.62. The number of methoxy groups -OCH3 is 1. The summed E-state index contributed by atoms with van der Waals surface area (Å²) in [7, 11) is 1.28. The molecule has 2 heterocycles. The number of carbonyl (C=O) groups is 3. The number of aryl methyl sites for hydroxylation is 2. The van der Waals surface area contributed by atoms with Crippen molar-refractivity contribution in [2.24, 2.45) is 0 Å². The molecular weight excluding hydrogens is 456 g/mol. The van der Waals surface area contributed by atoms with E-state index in [-0.39, 0.29) is 35.0 Å². The second-order valence-corrected chi connectivity index (χ2v) is 9.78. The topological polar surface area (TPSA) is 92.7 Å². The first kappa shape index (κ1) is 27.3. The highest BCUT2D eigenvalue weighted by Gasteiger charge is 2.34. The Labute approximate surface area is 214 Å². The molecule has 1 saturated heterocycles.